The van der Waals surface area contributed by atoms with Gasteiger partial charge >= 0.3 is 0 Å². The molecule has 1 atom stereocenters. The van der Waals surface area contributed by atoms with E-state index in [9.17, 15) is 15.6 Å². The summed E-state index contributed by atoms with van der Waals surface area (Å²) >= 11 is 6.81. The number of nitrogens with one attached hydrogen (secondary N) is 2. The molecule has 35 heavy (non-hydrogen) atoms. The fourth-order valence-corrected chi connectivity index (χ4v) is 4.21. The van der Waals surface area contributed by atoms with Gasteiger partial charge in [-0.25, -0.2) is 4.98 Å². The molecule has 0 bridgehead atoms. The summed E-state index contributed by atoms with van der Waals surface area (Å²) in [5.41, 5.74) is 1.19. The van der Waals surface area contributed by atoms with Crippen LogP contribution in [0.4, 0.5) is 23.1 Å². The van der Waals surface area contributed by atoms with Crippen molar-refractivity contribution in [2.24, 2.45) is 0 Å². The lowest BCUT2D eigenvalue weighted by atomic mass is 10.00. The highest BCUT2D eigenvalue weighted by molar-refractivity contribution is 6.36. The van der Waals surface area contributed by atoms with E-state index in [0.29, 0.717) is 59.2 Å². The van der Waals surface area contributed by atoms with Crippen LogP contribution in [-0.4, -0.2) is 62.1 Å². The first-order valence-electron chi connectivity index (χ1n) is 11.3. The molecule has 3 heterocycles. The van der Waals surface area contributed by atoms with Gasteiger partial charge in [0, 0.05) is 19.1 Å². The Hall–Kier alpha value is -3.64. The third kappa shape index (κ3) is 4.66. The van der Waals surface area contributed by atoms with E-state index in [1.165, 1.54) is 10.7 Å². The predicted octanol–water partition coefficient (Wildman–Crippen LogP) is 2.82. The quantitative estimate of drug-likeness (QED) is 0.468. The zero-order valence-electron chi connectivity index (χ0n) is 19.3. The van der Waals surface area contributed by atoms with Gasteiger partial charge < -0.3 is 25.4 Å². The molecule has 1 aromatic carbocycles. The molecule has 11 nitrogen and oxygen atoms in total. The van der Waals surface area contributed by atoms with Gasteiger partial charge in [0.15, 0.2) is 17.2 Å². The zero-order valence-corrected chi connectivity index (χ0v) is 20.0. The van der Waals surface area contributed by atoms with Crippen LogP contribution in [0, 0.1) is 22.7 Å². The Balaban J connectivity index is 1.52. The number of aliphatic hydroxyl groups is 1. The van der Waals surface area contributed by atoms with Crippen LogP contribution in [0.3, 0.4) is 0 Å². The van der Waals surface area contributed by atoms with Crippen molar-refractivity contribution in [1.82, 2.24) is 19.6 Å². The van der Waals surface area contributed by atoms with E-state index in [1.54, 1.807) is 26.0 Å². The molecule has 5 rings (SSSR count). The van der Waals surface area contributed by atoms with Crippen molar-refractivity contribution in [2.75, 3.05) is 35.2 Å². The van der Waals surface area contributed by atoms with Gasteiger partial charge in [-0.3, -0.25) is 0 Å². The summed E-state index contributed by atoms with van der Waals surface area (Å²) in [6, 6.07) is 7.91. The Morgan fingerprint density at radius 1 is 1.26 bits per heavy atom. The Bertz CT molecular complexity index is 1360. The molecule has 2 fully saturated rings. The molecule has 1 aliphatic carbocycles. The summed E-state index contributed by atoms with van der Waals surface area (Å²) in [6.07, 6.45) is 3.11. The van der Waals surface area contributed by atoms with Gasteiger partial charge in [-0.2, -0.15) is 20.0 Å². The number of nitrogens with zero attached hydrogens (tertiary/aromatic N) is 7. The number of anilines is 4. The van der Waals surface area contributed by atoms with E-state index in [2.05, 4.69) is 37.8 Å². The molecule has 180 valence electrons. The first kappa shape index (κ1) is 23.1. The van der Waals surface area contributed by atoms with Gasteiger partial charge in [-0.15, -0.1) is 5.10 Å². The zero-order chi connectivity index (χ0) is 24.7. The monoisotopic (exact) mass is 493 g/mol. The molecular weight excluding hydrogens is 470 g/mol. The predicted molar refractivity (Wildman–Crippen MR) is 130 cm³/mol. The summed E-state index contributed by atoms with van der Waals surface area (Å²) in [5, 5.41) is 40.8. The smallest absolute Gasteiger partial charge is 0.247 e. The average Bonchev–Trinajstić information content (AvgIpc) is 3.56. The second-order valence-electron chi connectivity index (χ2n) is 9.25. The highest BCUT2D eigenvalue weighted by Gasteiger charge is 2.33. The van der Waals surface area contributed by atoms with Crippen LogP contribution in [0.1, 0.15) is 37.9 Å². The molecule has 0 unspecified atom stereocenters. The number of fused-ring (bicyclic) bond motifs is 1. The van der Waals surface area contributed by atoms with E-state index >= 15 is 0 Å². The number of ether oxygens (including phenoxy) is 1. The molecule has 1 saturated carbocycles. The highest BCUT2D eigenvalue weighted by atomic mass is 35.5. The lowest BCUT2D eigenvalue weighted by Gasteiger charge is -2.40. The molecule has 0 radical (unpaired) electrons. The van der Waals surface area contributed by atoms with Crippen LogP contribution < -0.4 is 15.5 Å². The number of morpholine rings is 1. The maximum atomic E-state index is 10.4. The van der Waals surface area contributed by atoms with Gasteiger partial charge in [0.1, 0.15) is 12.2 Å². The van der Waals surface area contributed by atoms with E-state index in [0.717, 1.165) is 12.8 Å². The fraction of sp³-hybridized carbons (Fsp3) is 0.435. The van der Waals surface area contributed by atoms with Crippen LogP contribution in [-0.2, 0) is 4.74 Å². The Kier molecular flexibility index (Phi) is 5.85. The molecular formula is C23H24ClN9O2. The van der Waals surface area contributed by atoms with Crippen LogP contribution in [0.25, 0.3) is 5.65 Å². The Labute approximate surface area is 206 Å². The second-order valence-corrected chi connectivity index (χ2v) is 9.62. The van der Waals surface area contributed by atoms with Crippen molar-refractivity contribution in [3.8, 4) is 12.1 Å². The summed E-state index contributed by atoms with van der Waals surface area (Å²) < 4.78 is 7.17. The van der Waals surface area contributed by atoms with Crippen LogP contribution in [0.5, 0.6) is 0 Å². The normalized spacial score (nSPS) is 18.2. The number of rotatable bonds is 6. The van der Waals surface area contributed by atoms with E-state index < -0.39 is 11.7 Å². The average molecular weight is 494 g/mol. The van der Waals surface area contributed by atoms with E-state index in [1.807, 2.05) is 4.90 Å². The topological polar surface area (TPSA) is 147 Å². The number of hydrogen-bond donors (Lipinski definition) is 3. The SMILES string of the molecule is CC(C)(O)[C@H]1CN(c2cc(C#N)cc(Nc3nc(NC4CC4)c4ncc(C#N)n4n3)c2Cl)CCO1. The minimum atomic E-state index is -1.03. The molecule has 3 N–H and O–H groups in total. The van der Waals surface area contributed by atoms with Gasteiger partial charge in [0.05, 0.1) is 46.4 Å². The molecule has 1 saturated heterocycles. The minimum absolute atomic E-state index is 0.203. The van der Waals surface area contributed by atoms with E-state index in [4.69, 9.17) is 16.3 Å². The molecule has 1 aliphatic heterocycles. The van der Waals surface area contributed by atoms with Crippen LogP contribution >= 0.6 is 11.6 Å². The summed E-state index contributed by atoms with van der Waals surface area (Å²) in [5.74, 6) is 0.718. The molecule has 2 aromatic heterocycles. The summed E-state index contributed by atoms with van der Waals surface area (Å²) in [6.45, 7) is 4.79. The molecule has 0 amide bonds. The molecule has 2 aliphatic rings. The third-order valence-electron chi connectivity index (χ3n) is 6.02. The van der Waals surface area contributed by atoms with Crippen molar-refractivity contribution >= 4 is 40.4 Å². The summed E-state index contributed by atoms with van der Waals surface area (Å²) in [7, 11) is 0. The number of benzene rings is 1. The third-order valence-corrected chi connectivity index (χ3v) is 6.42. The fourth-order valence-electron chi connectivity index (χ4n) is 3.94. The standard InChI is InChI=1S/C23H24ClN9O2/c1-23(2,34)18-12-32(5-6-35-18)17-8-13(9-25)7-16(19(17)24)29-22-30-20(28-14-3-4-14)21-27-11-15(10-26)33(21)31-22/h7-8,11,14,18,34H,3-6,12H2,1-2H3,(H2,28,29,30,31)/t18-/m1/s1. The first-order chi connectivity index (χ1) is 16.8. The van der Waals surface area contributed by atoms with Crippen molar-refractivity contribution < 1.29 is 9.84 Å². The lowest BCUT2D eigenvalue weighted by Crippen LogP contribution is -2.52. The number of imidazole rings is 1. The van der Waals surface area contributed by atoms with Crippen molar-refractivity contribution in [1.29, 1.82) is 10.5 Å². The Morgan fingerprint density at radius 2 is 2.06 bits per heavy atom. The Morgan fingerprint density at radius 3 is 2.74 bits per heavy atom. The number of halogens is 1. The molecule has 12 heteroatoms. The number of aromatic nitrogens is 4. The largest absolute Gasteiger partial charge is 0.388 e. The van der Waals surface area contributed by atoms with Gasteiger partial charge in [-0.1, -0.05) is 11.6 Å². The van der Waals surface area contributed by atoms with Crippen LogP contribution in [0.2, 0.25) is 5.02 Å². The minimum Gasteiger partial charge on any atom is -0.388 e. The second kappa shape index (κ2) is 8.86. The van der Waals surface area contributed by atoms with Crippen LogP contribution in [0.15, 0.2) is 18.3 Å². The van der Waals surface area contributed by atoms with Crippen molar-refractivity contribution in [2.45, 2.75) is 44.4 Å². The number of nitriles is 2. The molecule has 0 spiro atoms. The van der Waals surface area contributed by atoms with Crippen molar-refractivity contribution in [3.05, 3.63) is 34.6 Å². The molecule has 3 aromatic rings. The van der Waals surface area contributed by atoms with Gasteiger partial charge in [0.2, 0.25) is 5.95 Å². The van der Waals surface area contributed by atoms with E-state index in [-0.39, 0.29) is 11.6 Å². The number of hydrogen-bond acceptors (Lipinski definition) is 10. The lowest BCUT2D eigenvalue weighted by molar-refractivity contribution is -0.0927. The maximum absolute atomic E-state index is 10.4. The van der Waals surface area contributed by atoms with Crippen molar-refractivity contribution in [3.63, 3.8) is 0 Å². The maximum Gasteiger partial charge on any atom is 0.247 e. The highest BCUT2D eigenvalue weighted by Crippen LogP contribution is 2.37. The van der Waals surface area contributed by atoms with Gasteiger partial charge in [-0.05, 0) is 38.8 Å². The summed E-state index contributed by atoms with van der Waals surface area (Å²) in [4.78, 5) is 10.8. The van der Waals surface area contributed by atoms with Gasteiger partial charge in [0.25, 0.3) is 0 Å². The first-order valence-corrected chi connectivity index (χ1v) is 11.7.